The van der Waals surface area contributed by atoms with Gasteiger partial charge in [-0.3, -0.25) is 14.9 Å². The molecule has 0 atom stereocenters. The zero-order chi connectivity index (χ0) is 22.2. The van der Waals surface area contributed by atoms with Crippen LogP contribution in [0.1, 0.15) is 21.5 Å². The standard InChI is InChI=1S/C23H23N3O5/c1-30-21-11-8-17(12-22(21)31-2)15-25-23(27)18-9-10-19(20(13-18)26(28)29)24-14-16-6-4-3-5-7-16/h3-13,24H,14-15H2,1-2H3,(H,25,27). The molecule has 0 bridgehead atoms. The van der Waals surface area contributed by atoms with E-state index in [4.69, 9.17) is 9.47 Å². The lowest BCUT2D eigenvalue weighted by molar-refractivity contribution is -0.384. The maximum absolute atomic E-state index is 12.6. The highest BCUT2D eigenvalue weighted by atomic mass is 16.6. The first-order chi connectivity index (χ1) is 15.0. The summed E-state index contributed by atoms with van der Waals surface area (Å²) in [5, 5.41) is 17.4. The van der Waals surface area contributed by atoms with E-state index in [-0.39, 0.29) is 17.8 Å². The summed E-state index contributed by atoms with van der Waals surface area (Å²) in [7, 11) is 3.08. The monoisotopic (exact) mass is 421 g/mol. The van der Waals surface area contributed by atoms with Crippen LogP contribution in [0, 0.1) is 10.1 Å². The number of rotatable bonds is 9. The van der Waals surface area contributed by atoms with Gasteiger partial charge in [-0.15, -0.1) is 0 Å². The molecular weight excluding hydrogens is 398 g/mol. The summed E-state index contributed by atoms with van der Waals surface area (Å²) in [5.74, 6) is 0.734. The molecule has 3 aromatic carbocycles. The van der Waals surface area contributed by atoms with Gasteiger partial charge in [-0.1, -0.05) is 36.4 Å². The van der Waals surface area contributed by atoms with E-state index in [0.29, 0.717) is 23.7 Å². The molecule has 0 heterocycles. The maximum atomic E-state index is 12.6. The third-order valence-electron chi connectivity index (χ3n) is 4.68. The summed E-state index contributed by atoms with van der Waals surface area (Å²) in [5.41, 5.74) is 2.20. The average molecular weight is 421 g/mol. The Balaban J connectivity index is 1.69. The van der Waals surface area contributed by atoms with Crippen molar-refractivity contribution in [1.29, 1.82) is 0 Å². The predicted molar refractivity (Wildman–Crippen MR) is 118 cm³/mol. The number of carbonyl (C=O) groups is 1. The highest BCUT2D eigenvalue weighted by molar-refractivity contribution is 5.95. The quantitative estimate of drug-likeness (QED) is 0.397. The molecule has 8 nitrogen and oxygen atoms in total. The van der Waals surface area contributed by atoms with Crippen molar-refractivity contribution in [2.24, 2.45) is 0 Å². The van der Waals surface area contributed by atoms with Crippen molar-refractivity contribution >= 4 is 17.3 Å². The van der Waals surface area contributed by atoms with Crippen LogP contribution in [-0.2, 0) is 13.1 Å². The number of nitro benzene ring substituents is 1. The Hall–Kier alpha value is -4.07. The summed E-state index contributed by atoms with van der Waals surface area (Å²) in [6.07, 6.45) is 0. The van der Waals surface area contributed by atoms with Crippen molar-refractivity contribution in [3.05, 3.63) is 93.5 Å². The normalized spacial score (nSPS) is 10.3. The van der Waals surface area contributed by atoms with Crippen molar-refractivity contribution in [3.63, 3.8) is 0 Å². The Morgan fingerprint density at radius 2 is 1.65 bits per heavy atom. The predicted octanol–water partition coefficient (Wildman–Crippen LogP) is 4.15. The molecule has 0 saturated carbocycles. The lowest BCUT2D eigenvalue weighted by Crippen LogP contribution is -2.23. The zero-order valence-corrected chi connectivity index (χ0v) is 17.3. The molecule has 31 heavy (non-hydrogen) atoms. The Kier molecular flexibility index (Phi) is 7.05. The van der Waals surface area contributed by atoms with E-state index >= 15 is 0 Å². The summed E-state index contributed by atoms with van der Waals surface area (Å²) in [6.45, 7) is 0.674. The summed E-state index contributed by atoms with van der Waals surface area (Å²) in [4.78, 5) is 23.6. The molecule has 1 amide bonds. The Morgan fingerprint density at radius 3 is 2.32 bits per heavy atom. The smallest absolute Gasteiger partial charge is 0.293 e. The number of nitrogens with one attached hydrogen (secondary N) is 2. The van der Waals surface area contributed by atoms with Crippen LogP contribution in [0.3, 0.4) is 0 Å². The van der Waals surface area contributed by atoms with Crippen molar-refractivity contribution in [2.45, 2.75) is 13.1 Å². The number of hydrogen-bond acceptors (Lipinski definition) is 6. The molecule has 0 aliphatic heterocycles. The van der Waals surface area contributed by atoms with E-state index in [2.05, 4.69) is 10.6 Å². The van der Waals surface area contributed by atoms with Crippen LogP contribution in [0.25, 0.3) is 0 Å². The molecule has 0 spiro atoms. The Morgan fingerprint density at radius 1 is 0.903 bits per heavy atom. The Bertz CT molecular complexity index is 1070. The zero-order valence-electron chi connectivity index (χ0n) is 17.3. The van der Waals surface area contributed by atoms with Gasteiger partial charge in [0.25, 0.3) is 11.6 Å². The third kappa shape index (κ3) is 5.51. The maximum Gasteiger partial charge on any atom is 0.293 e. The van der Waals surface area contributed by atoms with Crippen LogP contribution in [0.4, 0.5) is 11.4 Å². The van der Waals surface area contributed by atoms with Gasteiger partial charge >= 0.3 is 0 Å². The fourth-order valence-corrected chi connectivity index (χ4v) is 3.04. The van der Waals surface area contributed by atoms with Crippen LogP contribution >= 0.6 is 0 Å². The number of nitrogens with zero attached hydrogens (tertiary/aromatic N) is 1. The van der Waals surface area contributed by atoms with Crippen LogP contribution < -0.4 is 20.1 Å². The van der Waals surface area contributed by atoms with Gasteiger partial charge in [-0.2, -0.15) is 0 Å². The molecular formula is C23H23N3O5. The number of nitro groups is 1. The number of carbonyl (C=O) groups excluding carboxylic acids is 1. The minimum absolute atomic E-state index is 0.158. The molecule has 3 rings (SSSR count). The molecule has 0 fully saturated rings. The van der Waals surface area contributed by atoms with Crippen molar-refractivity contribution < 1.29 is 19.2 Å². The van der Waals surface area contributed by atoms with Gasteiger partial charge in [-0.25, -0.2) is 0 Å². The second-order valence-corrected chi connectivity index (χ2v) is 6.70. The number of benzene rings is 3. The van der Waals surface area contributed by atoms with Crippen LogP contribution in [0.2, 0.25) is 0 Å². The fourth-order valence-electron chi connectivity index (χ4n) is 3.04. The largest absolute Gasteiger partial charge is 0.493 e. The topological polar surface area (TPSA) is 103 Å². The summed E-state index contributed by atoms with van der Waals surface area (Å²) >= 11 is 0. The van der Waals surface area contributed by atoms with Crippen LogP contribution in [-0.4, -0.2) is 25.1 Å². The van der Waals surface area contributed by atoms with Gasteiger partial charge in [0.2, 0.25) is 0 Å². The van der Waals surface area contributed by atoms with E-state index in [0.717, 1.165) is 11.1 Å². The molecule has 0 aromatic heterocycles. The minimum Gasteiger partial charge on any atom is -0.493 e. The second-order valence-electron chi connectivity index (χ2n) is 6.70. The molecule has 8 heteroatoms. The minimum atomic E-state index is -0.502. The third-order valence-corrected chi connectivity index (χ3v) is 4.68. The highest BCUT2D eigenvalue weighted by Crippen LogP contribution is 2.28. The summed E-state index contributed by atoms with van der Waals surface area (Å²) in [6, 6.07) is 19.3. The molecule has 0 radical (unpaired) electrons. The first-order valence-corrected chi connectivity index (χ1v) is 9.57. The van der Waals surface area contributed by atoms with Crippen LogP contribution in [0.15, 0.2) is 66.7 Å². The molecule has 0 aliphatic rings. The number of methoxy groups -OCH3 is 2. The van der Waals surface area contributed by atoms with Crippen molar-refractivity contribution in [2.75, 3.05) is 19.5 Å². The average Bonchev–Trinajstić information content (AvgIpc) is 2.81. The first-order valence-electron chi connectivity index (χ1n) is 9.57. The second kappa shape index (κ2) is 10.1. The van der Waals surface area contributed by atoms with Gasteiger partial charge in [0, 0.05) is 24.7 Å². The molecule has 0 saturated heterocycles. The van der Waals surface area contributed by atoms with E-state index in [1.807, 2.05) is 30.3 Å². The van der Waals surface area contributed by atoms with Gasteiger partial charge in [-0.05, 0) is 35.4 Å². The van der Waals surface area contributed by atoms with E-state index in [1.54, 1.807) is 37.4 Å². The van der Waals surface area contributed by atoms with E-state index < -0.39 is 10.8 Å². The number of amides is 1. The first kappa shape index (κ1) is 21.6. The van der Waals surface area contributed by atoms with Gasteiger partial charge < -0.3 is 20.1 Å². The van der Waals surface area contributed by atoms with E-state index in [9.17, 15) is 14.9 Å². The number of ether oxygens (including phenoxy) is 2. The number of anilines is 1. The molecule has 0 aliphatic carbocycles. The molecule has 2 N–H and O–H groups in total. The van der Waals surface area contributed by atoms with Crippen LogP contribution in [0.5, 0.6) is 11.5 Å². The summed E-state index contributed by atoms with van der Waals surface area (Å²) < 4.78 is 10.5. The Labute approximate surface area is 180 Å². The SMILES string of the molecule is COc1ccc(CNC(=O)c2ccc(NCc3ccccc3)c([N+](=O)[O-])c2)cc1OC. The van der Waals surface area contributed by atoms with Crippen molar-refractivity contribution in [1.82, 2.24) is 5.32 Å². The highest BCUT2D eigenvalue weighted by Gasteiger charge is 2.17. The lowest BCUT2D eigenvalue weighted by Gasteiger charge is -2.11. The lowest BCUT2D eigenvalue weighted by atomic mass is 10.1. The molecule has 3 aromatic rings. The molecule has 160 valence electrons. The van der Waals surface area contributed by atoms with Gasteiger partial charge in [0.15, 0.2) is 11.5 Å². The number of hydrogen-bond donors (Lipinski definition) is 2. The van der Waals surface area contributed by atoms with Gasteiger partial charge in [0.05, 0.1) is 19.1 Å². The van der Waals surface area contributed by atoms with Crippen molar-refractivity contribution in [3.8, 4) is 11.5 Å². The van der Waals surface area contributed by atoms with E-state index in [1.165, 1.54) is 13.2 Å². The van der Waals surface area contributed by atoms with Gasteiger partial charge in [0.1, 0.15) is 5.69 Å². The fraction of sp³-hybridized carbons (Fsp3) is 0.174. The molecule has 0 unspecified atom stereocenters.